The van der Waals surface area contributed by atoms with E-state index in [2.05, 4.69) is 5.32 Å². The lowest BCUT2D eigenvalue weighted by Gasteiger charge is -2.15. The Hall–Kier alpha value is -2.69. The Kier molecular flexibility index (Phi) is 4.21. The van der Waals surface area contributed by atoms with Gasteiger partial charge in [-0.2, -0.15) is 0 Å². The van der Waals surface area contributed by atoms with Gasteiger partial charge in [0.25, 0.3) is 0 Å². The summed E-state index contributed by atoms with van der Waals surface area (Å²) in [5.41, 5.74) is 0.700. The molecular formula is C16H14FNO3. The van der Waals surface area contributed by atoms with Gasteiger partial charge < -0.3 is 10.4 Å². The Balaban J connectivity index is 2.16. The number of amides is 1. The lowest BCUT2D eigenvalue weighted by Crippen LogP contribution is -2.34. The summed E-state index contributed by atoms with van der Waals surface area (Å²) in [6, 6.07) is 11.9. The van der Waals surface area contributed by atoms with E-state index in [1.54, 1.807) is 30.3 Å². The third kappa shape index (κ3) is 4.14. The molecule has 0 spiro atoms. The van der Waals surface area contributed by atoms with Gasteiger partial charge in [0.15, 0.2) is 6.04 Å². The molecule has 0 radical (unpaired) electrons. The van der Waals surface area contributed by atoms with E-state index in [1.807, 2.05) is 0 Å². The summed E-state index contributed by atoms with van der Waals surface area (Å²) < 4.78 is 20.8. The second kappa shape index (κ2) is 6.65. The summed E-state index contributed by atoms with van der Waals surface area (Å²) in [5.74, 6) is -2.51. The maximum Gasteiger partial charge on any atom is 0.330 e. The van der Waals surface area contributed by atoms with Crippen LogP contribution in [-0.2, 0) is 16.0 Å². The molecule has 2 N–H and O–H groups in total. The first-order valence-electron chi connectivity index (χ1n) is 6.82. The summed E-state index contributed by atoms with van der Waals surface area (Å²) in [4.78, 5) is 23.4. The first-order valence-corrected chi connectivity index (χ1v) is 6.25. The average molecular weight is 288 g/mol. The van der Waals surface area contributed by atoms with Crippen LogP contribution in [0.4, 0.5) is 4.39 Å². The summed E-state index contributed by atoms with van der Waals surface area (Å²) >= 11 is 0. The van der Waals surface area contributed by atoms with Crippen molar-refractivity contribution in [3.63, 3.8) is 0 Å². The predicted molar refractivity (Wildman–Crippen MR) is 75.1 cm³/mol. The second-order valence-electron chi connectivity index (χ2n) is 4.39. The number of rotatable bonds is 5. The fraction of sp³-hybridized carbons (Fsp3) is 0.125. The van der Waals surface area contributed by atoms with Crippen LogP contribution in [0, 0.1) is 5.82 Å². The van der Waals surface area contributed by atoms with E-state index in [9.17, 15) is 19.1 Å². The molecule has 2 rings (SSSR count). The molecular weight excluding hydrogens is 273 g/mol. The second-order valence-corrected chi connectivity index (χ2v) is 4.39. The van der Waals surface area contributed by atoms with Crippen molar-refractivity contribution in [1.29, 1.82) is 0 Å². The van der Waals surface area contributed by atoms with E-state index in [1.165, 1.54) is 12.1 Å². The highest BCUT2D eigenvalue weighted by molar-refractivity contribution is 5.85. The van der Waals surface area contributed by atoms with Crippen LogP contribution in [0.1, 0.15) is 18.5 Å². The van der Waals surface area contributed by atoms with E-state index in [0.29, 0.717) is 5.56 Å². The number of halogens is 1. The lowest BCUT2D eigenvalue weighted by atomic mass is 10.1. The van der Waals surface area contributed by atoms with Gasteiger partial charge in [0, 0.05) is 1.37 Å². The molecule has 1 amide bonds. The van der Waals surface area contributed by atoms with E-state index in [0.717, 1.165) is 12.1 Å². The van der Waals surface area contributed by atoms with Crippen molar-refractivity contribution >= 4 is 11.9 Å². The van der Waals surface area contributed by atoms with Crippen molar-refractivity contribution in [3.05, 3.63) is 71.5 Å². The topological polar surface area (TPSA) is 66.4 Å². The van der Waals surface area contributed by atoms with Crippen LogP contribution in [0.5, 0.6) is 0 Å². The SMILES string of the molecule is [2H]C(C(=O)NC(C(=O)O)c1ccc(F)cc1)c1ccccc1. The summed E-state index contributed by atoms with van der Waals surface area (Å²) in [6.45, 7) is 0. The molecule has 4 nitrogen and oxygen atoms in total. The number of carboxylic acid groups (broad SMARTS) is 1. The van der Waals surface area contributed by atoms with Crippen molar-refractivity contribution in [1.82, 2.24) is 5.32 Å². The zero-order valence-electron chi connectivity index (χ0n) is 12.0. The molecule has 5 heteroatoms. The van der Waals surface area contributed by atoms with Crippen LogP contribution in [0.15, 0.2) is 54.6 Å². The van der Waals surface area contributed by atoms with Crippen LogP contribution in [0.3, 0.4) is 0 Å². The molecule has 0 aliphatic heterocycles. The fourth-order valence-electron chi connectivity index (χ4n) is 1.83. The van der Waals surface area contributed by atoms with E-state index >= 15 is 0 Å². The number of hydrogen-bond acceptors (Lipinski definition) is 2. The lowest BCUT2D eigenvalue weighted by molar-refractivity contribution is -0.141. The predicted octanol–water partition coefficient (Wildman–Crippen LogP) is 2.31. The monoisotopic (exact) mass is 288 g/mol. The Morgan fingerprint density at radius 1 is 1.14 bits per heavy atom. The molecule has 2 aromatic carbocycles. The van der Waals surface area contributed by atoms with E-state index in [4.69, 9.17) is 1.37 Å². The molecule has 0 saturated carbocycles. The Morgan fingerprint density at radius 2 is 1.76 bits per heavy atom. The number of carbonyl (C=O) groups is 2. The Morgan fingerprint density at radius 3 is 2.33 bits per heavy atom. The smallest absolute Gasteiger partial charge is 0.330 e. The van der Waals surface area contributed by atoms with Crippen LogP contribution >= 0.6 is 0 Å². The molecule has 0 saturated heterocycles. The van der Waals surface area contributed by atoms with Gasteiger partial charge in [-0.3, -0.25) is 4.79 Å². The molecule has 0 bridgehead atoms. The quantitative estimate of drug-likeness (QED) is 0.887. The van der Waals surface area contributed by atoms with E-state index < -0.39 is 30.1 Å². The Labute approximate surface area is 122 Å². The fourth-order valence-corrected chi connectivity index (χ4v) is 1.83. The van der Waals surface area contributed by atoms with Crippen LogP contribution < -0.4 is 5.32 Å². The van der Waals surface area contributed by atoms with Crippen LogP contribution in [-0.4, -0.2) is 17.0 Å². The minimum Gasteiger partial charge on any atom is -0.479 e. The largest absolute Gasteiger partial charge is 0.479 e. The maximum atomic E-state index is 12.9. The van der Waals surface area contributed by atoms with Gasteiger partial charge in [-0.25, -0.2) is 9.18 Å². The van der Waals surface area contributed by atoms with Gasteiger partial charge in [-0.15, -0.1) is 0 Å². The van der Waals surface area contributed by atoms with Crippen molar-refractivity contribution in [2.45, 2.75) is 12.4 Å². The number of hydrogen-bond donors (Lipinski definition) is 2. The standard InChI is InChI=1S/C16H14FNO3/c17-13-8-6-12(7-9-13)15(16(20)21)18-14(19)10-11-4-2-1-3-5-11/h1-9,15H,10H2,(H,18,19)(H,20,21)/i10D. The Bertz CT molecular complexity index is 661. The van der Waals surface area contributed by atoms with Gasteiger partial charge in [0.1, 0.15) is 5.82 Å². The molecule has 2 atom stereocenters. The number of nitrogens with one attached hydrogen (secondary N) is 1. The number of carbonyl (C=O) groups excluding carboxylic acids is 1. The van der Waals surface area contributed by atoms with Gasteiger partial charge in [-0.05, 0) is 23.3 Å². The van der Waals surface area contributed by atoms with E-state index in [-0.39, 0.29) is 5.56 Å². The highest BCUT2D eigenvalue weighted by Gasteiger charge is 2.22. The molecule has 2 aromatic rings. The zero-order valence-corrected chi connectivity index (χ0v) is 11.0. The molecule has 0 aliphatic rings. The van der Waals surface area contributed by atoms with Gasteiger partial charge in [0.05, 0.1) is 6.40 Å². The van der Waals surface area contributed by atoms with Crippen molar-refractivity contribution in [3.8, 4) is 0 Å². The van der Waals surface area contributed by atoms with Crippen LogP contribution in [0.2, 0.25) is 0 Å². The molecule has 2 unspecified atom stereocenters. The first-order chi connectivity index (χ1) is 10.5. The highest BCUT2D eigenvalue weighted by atomic mass is 19.1. The zero-order chi connectivity index (χ0) is 16.1. The third-order valence-corrected chi connectivity index (χ3v) is 2.83. The van der Waals surface area contributed by atoms with Crippen molar-refractivity contribution in [2.75, 3.05) is 0 Å². The molecule has 0 aromatic heterocycles. The minimum atomic E-state index is -1.33. The maximum absolute atomic E-state index is 12.9. The average Bonchev–Trinajstić information content (AvgIpc) is 2.53. The van der Waals surface area contributed by atoms with Gasteiger partial charge in [0.2, 0.25) is 5.91 Å². The normalized spacial score (nSPS) is 13.9. The first kappa shape index (κ1) is 13.3. The summed E-state index contributed by atoms with van der Waals surface area (Å²) in [7, 11) is 0. The van der Waals surface area contributed by atoms with Crippen LogP contribution in [0.25, 0.3) is 0 Å². The third-order valence-electron chi connectivity index (χ3n) is 2.83. The number of aliphatic carboxylic acids is 1. The van der Waals surface area contributed by atoms with Gasteiger partial charge >= 0.3 is 5.97 Å². The molecule has 0 heterocycles. The molecule has 0 fully saturated rings. The summed E-state index contributed by atoms with van der Waals surface area (Å²) in [6.07, 6.45) is -1.23. The molecule has 21 heavy (non-hydrogen) atoms. The summed E-state index contributed by atoms with van der Waals surface area (Å²) in [5, 5.41) is 11.5. The van der Waals surface area contributed by atoms with Crippen molar-refractivity contribution < 1.29 is 20.5 Å². The molecule has 108 valence electrons. The molecule has 0 aliphatic carbocycles. The minimum absolute atomic E-state index is 0.238. The highest BCUT2D eigenvalue weighted by Crippen LogP contribution is 2.14. The van der Waals surface area contributed by atoms with Gasteiger partial charge in [-0.1, -0.05) is 42.5 Å². The number of carboxylic acids is 1. The van der Waals surface area contributed by atoms with Crippen molar-refractivity contribution in [2.24, 2.45) is 0 Å². The number of benzene rings is 2.